The number of fused-ring (bicyclic) bond motifs is 5. The maximum atomic E-state index is 15.4. The van der Waals surface area contributed by atoms with Crippen LogP contribution in [0.5, 0.6) is 5.75 Å². The molecule has 11 heteroatoms. The van der Waals surface area contributed by atoms with Crippen LogP contribution in [0.4, 0.5) is 19.1 Å². The molecule has 2 saturated heterocycles. The van der Waals surface area contributed by atoms with Gasteiger partial charge in [-0.1, -0.05) is 25.1 Å². The fraction of sp³-hybridized carbons (Fsp3) is 0.393. The van der Waals surface area contributed by atoms with Gasteiger partial charge < -0.3 is 23.5 Å². The minimum atomic E-state index is -2.93. The summed E-state index contributed by atoms with van der Waals surface area (Å²) >= 11 is 0. The van der Waals surface area contributed by atoms with Gasteiger partial charge in [0.05, 0.1) is 49.9 Å². The Balaban J connectivity index is 1.27. The summed E-state index contributed by atoms with van der Waals surface area (Å²) in [6, 6.07) is 8.30. The van der Waals surface area contributed by atoms with Crippen molar-refractivity contribution < 1.29 is 27.4 Å². The summed E-state index contributed by atoms with van der Waals surface area (Å²) in [7, 11) is 0. The van der Waals surface area contributed by atoms with Crippen LogP contribution in [-0.2, 0) is 9.47 Å². The number of rotatable bonds is 5. The summed E-state index contributed by atoms with van der Waals surface area (Å²) in [5, 5.41) is 0. The number of hydrogen-bond acceptors (Lipinski definition) is 7. The lowest BCUT2D eigenvalue weighted by Gasteiger charge is -2.45. The number of ether oxygens (including phenoxy) is 3. The van der Waals surface area contributed by atoms with Crippen molar-refractivity contribution >= 4 is 11.6 Å². The van der Waals surface area contributed by atoms with Gasteiger partial charge in [-0.2, -0.15) is 8.78 Å². The third-order valence-electron chi connectivity index (χ3n) is 7.88. The van der Waals surface area contributed by atoms with Crippen LogP contribution in [0.3, 0.4) is 0 Å². The van der Waals surface area contributed by atoms with Crippen LogP contribution in [-0.4, -0.2) is 64.5 Å². The summed E-state index contributed by atoms with van der Waals surface area (Å²) in [6.07, 6.45) is 5.64. The number of benzene rings is 1. The van der Waals surface area contributed by atoms with E-state index in [9.17, 15) is 8.78 Å². The van der Waals surface area contributed by atoms with Crippen molar-refractivity contribution in [2.24, 2.45) is 0 Å². The molecule has 2 fully saturated rings. The summed E-state index contributed by atoms with van der Waals surface area (Å²) in [5.41, 5.74) is 3.65. The van der Waals surface area contributed by atoms with E-state index < -0.39 is 12.4 Å². The number of halogens is 3. The molecule has 3 aliphatic rings. The first-order valence-electron chi connectivity index (χ1n) is 13.0. The van der Waals surface area contributed by atoms with Crippen molar-refractivity contribution in [3.8, 4) is 16.9 Å². The number of pyridine rings is 1. The second-order valence-corrected chi connectivity index (χ2v) is 10.3. The first-order chi connectivity index (χ1) is 19.0. The Morgan fingerprint density at radius 2 is 1.72 bits per heavy atom. The molecular weight excluding hydrogens is 511 g/mol. The average molecular weight is 538 g/mol. The highest BCUT2D eigenvalue weighted by Crippen LogP contribution is 2.48. The highest BCUT2D eigenvalue weighted by atomic mass is 19.3. The fourth-order valence-corrected chi connectivity index (χ4v) is 6.16. The van der Waals surface area contributed by atoms with Crippen molar-refractivity contribution in [1.82, 2.24) is 19.4 Å². The van der Waals surface area contributed by atoms with E-state index in [4.69, 9.17) is 19.2 Å². The van der Waals surface area contributed by atoms with Gasteiger partial charge in [-0.05, 0) is 12.5 Å². The Morgan fingerprint density at radius 3 is 2.41 bits per heavy atom. The lowest BCUT2D eigenvalue weighted by atomic mass is 9.94. The Hall–Kier alpha value is -3.70. The lowest BCUT2D eigenvalue weighted by molar-refractivity contribution is -0.0505. The van der Waals surface area contributed by atoms with E-state index in [2.05, 4.69) is 14.9 Å². The first-order valence-corrected chi connectivity index (χ1v) is 13.0. The Kier molecular flexibility index (Phi) is 5.93. The zero-order valence-electron chi connectivity index (χ0n) is 21.1. The molecule has 8 nitrogen and oxygen atoms in total. The topological polar surface area (TPSA) is 74.0 Å². The number of alkyl halides is 2. The number of nitrogens with zero attached hydrogens (tertiary/aromatic N) is 5. The SMILES string of the molecule is CC1C[C@H](c2ccccc2OC(F)F)c2c1nc1cc(F)c(-c3cnc(N4C5COCC4COC5)nc3)cn21. The molecule has 0 amide bonds. The molecule has 2 aliphatic heterocycles. The van der Waals surface area contributed by atoms with Crippen LogP contribution in [0, 0.1) is 5.82 Å². The molecule has 0 saturated carbocycles. The van der Waals surface area contributed by atoms with E-state index in [-0.39, 0.29) is 29.7 Å². The van der Waals surface area contributed by atoms with Crippen LogP contribution in [0.1, 0.15) is 42.1 Å². The minimum Gasteiger partial charge on any atom is -0.435 e. The molecule has 0 radical (unpaired) electrons. The van der Waals surface area contributed by atoms with Crippen LogP contribution in [0.2, 0.25) is 0 Å². The standard InChI is InChI=1S/C28H26F3N5O3/c1-15-6-20(19-4-2-3-5-23(19)39-27(30)31)26-25(15)34-24-7-22(29)21(10-35(24)26)16-8-32-28(33-9-16)36-17-11-37-13-18(36)14-38-12-17/h2-5,7-10,15,17-18,20,27H,6,11-14H2,1H3/t15?,17?,18?,20-/m1/s1. The second-order valence-electron chi connectivity index (χ2n) is 10.3. The van der Waals surface area contributed by atoms with Crippen LogP contribution in [0.25, 0.3) is 16.8 Å². The molecule has 5 heterocycles. The van der Waals surface area contributed by atoms with Gasteiger partial charge in [0.25, 0.3) is 0 Å². The number of para-hydroxylation sites is 1. The van der Waals surface area contributed by atoms with E-state index in [1.807, 2.05) is 11.3 Å². The summed E-state index contributed by atoms with van der Waals surface area (Å²) in [4.78, 5) is 16.0. The quantitative estimate of drug-likeness (QED) is 0.363. The molecule has 4 aromatic rings. The van der Waals surface area contributed by atoms with E-state index in [0.29, 0.717) is 61.1 Å². The maximum Gasteiger partial charge on any atom is 0.387 e. The predicted octanol–water partition coefficient (Wildman–Crippen LogP) is 4.77. The molecule has 1 aromatic carbocycles. The van der Waals surface area contributed by atoms with Gasteiger partial charge >= 0.3 is 6.61 Å². The molecule has 7 rings (SSSR count). The Labute approximate surface area is 222 Å². The third-order valence-corrected chi connectivity index (χ3v) is 7.88. The van der Waals surface area contributed by atoms with Gasteiger partial charge in [0.15, 0.2) is 0 Å². The largest absolute Gasteiger partial charge is 0.435 e. The van der Waals surface area contributed by atoms with Crippen molar-refractivity contribution in [3.05, 3.63) is 71.7 Å². The second kappa shape index (κ2) is 9.49. The van der Waals surface area contributed by atoms with Crippen molar-refractivity contribution in [1.29, 1.82) is 0 Å². The molecule has 1 aliphatic carbocycles. The third kappa shape index (κ3) is 4.11. The Morgan fingerprint density at radius 1 is 1.03 bits per heavy atom. The van der Waals surface area contributed by atoms with Crippen molar-refractivity contribution in [2.45, 2.75) is 43.9 Å². The van der Waals surface area contributed by atoms with E-state index >= 15 is 4.39 Å². The molecule has 2 bridgehead atoms. The van der Waals surface area contributed by atoms with Gasteiger partial charge in [-0.15, -0.1) is 0 Å². The van der Waals surface area contributed by atoms with Gasteiger partial charge in [-0.3, -0.25) is 0 Å². The predicted molar refractivity (Wildman–Crippen MR) is 136 cm³/mol. The number of imidazole rings is 1. The zero-order chi connectivity index (χ0) is 26.7. The lowest BCUT2D eigenvalue weighted by Crippen LogP contribution is -2.60. The van der Waals surface area contributed by atoms with E-state index in [1.54, 1.807) is 42.9 Å². The average Bonchev–Trinajstić information content (AvgIpc) is 3.44. The van der Waals surface area contributed by atoms with Gasteiger partial charge in [0.1, 0.15) is 17.2 Å². The summed E-state index contributed by atoms with van der Waals surface area (Å²) < 4.78 is 59.7. The highest BCUT2D eigenvalue weighted by molar-refractivity contribution is 5.66. The molecule has 39 heavy (non-hydrogen) atoms. The fourth-order valence-electron chi connectivity index (χ4n) is 6.16. The van der Waals surface area contributed by atoms with Gasteiger partial charge in [0, 0.05) is 53.2 Å². The summed E-state index contributed by atoms with van der Waals surface area (Å²) in [6.45, 7) is 1.29. The zero-order valence-corrected chi connectivity index (χ0v) is 21.1. The van der Waals surface area contributed by atoms with Crippen molar-refractivity contribution in [3.63, 3.8) is 0 Å². The number of aromatic nitrogens is 4. The minimum absolute atomic E-state index is 0.0424. The molecule has 0 N–H and O–H groups in total. The van der Waals surface area contributed by atoms with Crippen LogP contribution < -0.4 is 9.64 Å². The number of morpholine rings is 2. The van der Waals surface area contributed by atoms with Crippen molar-refractivity contribution in [2.75, 3.05) is 31.3 Å². The molecule has 1 unspecified atom stereocenters. The molecule has 202 valence electrons. The number of anilines is 1. The number of hydrogen-bond donors (Lipinski definition) is 0. The smallest absolute Gasteiger partial charge is 0.387 e. The molecular formula is C28H26F3N5O3. The molecule has 0 spiro atoms. The Bertz CT molecular complexity index is 1510. The molecule has 2 atom stereocenters. The van der Waals surface area contributed by atoms with E-state index in [0.717, 1.165) is 11.4 Å². The van der Waals surface area contributed by atoms with E-state index in [1.165, 1.54) is 6.07 Å². The van der Waals surface area contributed by atoms with Gasteiger partial charge in [-0.25, -0.2) is 19.3 Å². The normalized spacial score (nSPS) is 24.4. The monoisotopic (exact) mass is 537 g/mol. The van der Waals surface area contributed by atoms with Gasteiger partial charge in [0.2, 0.25) is 5.95 Å². The molecule has 3 aromatic heterocycles. The first kappa shape index (κ1) is 24.3. The van der Waals surface area contributed by atoms with Crippen LogP contribution in [0.15, 0.2) is 48.9 Å². The highest BCUT2D eigenvalue weighted by Gasteiger charge is 2.38. The summed E-state index contributed by atoms with van der Waals surface area (Å²) in [5.74, 6) is 0.0900. The van der Waals surface area contributed by atoms with Crippen LogP contribution >= 0.6 is 0 Å². The maximum absolute atomic E-state index is 15.4.